The molecular weight excluding hydrogens is 290 g/mol. The van der Waals surface area contributed by atoms with Crippen LogP contribution in [0.25, 0.3) is 0 Å². The van der Waals surface area contributed by atoms with Gasteiger partial charge in [-0.05, 0) is 26.7 Å². The number of amides is 1. The number of esters is 1. The molecule has 1 atom stereocenters. The number of carbonyl (C=O) groups excluding carboxylic acids is 2. The van der Waals surface area contributed by atoms with E-state index in [0.29, 0.717) is 10.6 Å². The molecule has 1 rings (SSSR count). The maximum atomic E-state index is 11.9. The number of thiazole rings is 1. The van der Waals surface area contributed by atoms with Crippen LogP contribution < -0.4 is 5.32 Å². The van der Waals surface area contributed by atoms with E-state index in [9.17, 15) is 9.59 Å². The third-order valence-electron chi connectivity index (χ3n) is 3.21. The van der Waals surface area contributed by atoms with Gasteiger partial charge in [-0.1, -0.05) is 13.8 Å². The van der Waals surface area contributed by atoms with E-state index in [1.165, 1.54) is 11.3 Å². The van der Waals surface area contributed by atoms with Crippen LogP contribution in [-0.4, -0.2) is 29.0 Å². The van der Waals surface area contributed by atoms with Gasteiger partial charge >= 0.3 is 5.97 Å². The van der Waals surface area contributed by atoms with Crippen LogP contribution in [0.2, 0.25) is 0 Å². The predicted octanol–water partition coefficient (Wildman–Crippen LogP) is 1.97. The van der Waals surface area contributed by atoms with Crippen molar-refractivity contribution in [2.45, 2.75) is 40.2 Å². The highest BCUT2D eigenvalue weighted by atomic mass is 32.1. The first-order chi connectivity index (χ1) is 9.69. The predicted molar refractivity (Wildman–Crippen MR) is 78.9 cm³/mol. The van der Waals surface area contributed by atoms with Crippen molar-refractivity contribution >= 4 is 23.2 Å². The van der Waals surface area contributed by atoms with Crippen molar-refractivity contribution in [3.05, 3.63) is 15.6 Å². The highest BCUT2D eigenvalue weighted by Crippen LogP contribution is 2.18. The van der Waals surface area contributed by atoms with Crippen LogP contribution in [0.4, 0.5) is 0 Å². The Bertz CT molecular complexity index is 589. The highest BCUT2D eigenvalue weighted by molar-refractivity contribution is 7.13. The molecule has 0 bridgehead atoms. The zero-order chi connectivity index (χ0) is 16.2. The molecule has 0 fully saturated rings. The average molecular weight is 309 g/mol. The van der Waals surface area contributed by atoms with Crippen molar-refractivity contribution in [2.24, 2.45) is 5.92 Å². The minimum absolute atomic E-state index is 0.0615. The van der Waals surface area contributed by atoms with E-state index in [-0.39, 0.29) is 5.92 Å². The fourth-order valence-corrected chi connectivity index (χ4v) is 2.36. The summed E-state index contributed by atoms with van der Waals surface area (Å²) in [6, 6.07) is 2.06. The molecule has 1 heterocycles. The van der Waals surface area contributed by atoms with Crippen molar-refractivity contribution in [3.63, 3.8) is 0 Å². The lowest BCUT2D eigenvalue weighted by Gasteiger charge is -2.27. The Morgan fingerprint density at radius 1 is 1.48 bits per heavy atom. The standard InChI is InChI=1S/C14H19N3O3S/c1-8(2)14(5,7-15)17-11(18)6-20-13(19)12-9(3)16-10(4)21-12/h8H,6H2,1-5H3,(H,17,18). The summed E-state index contributed by atoms with van der Waals surface area (Å²) in [4.78, 5) is 28.2. The zero-order valence-corrected chi connectivity index (χ0v) is 13.6. The van der Waals surface area contributed by atoms with Gasteiger partial charge in [0.25, 0.3) is 5.91 Å². The number of hydrogen-bond donors (Lipinski definition) is 1. The molecule has 21 heavy (non-hydrogen) atoms. The Morgan fingerprint density at radius 3 is 2.52 bits per heavy atom. The van der Waals surface area contributed by atoms with Crippen LogP contribution in [0.15, 0.2) is 0 Å². The maximum absolute atomic E-state index is 11.9. The van der Waals surface area contributed by atoms with E-state index in [4.69, 9.17) is 10.00 Å². The second-order valence-electron chi connectivity index (χ2n) is 5.24. The molecule has 1 N–H and O–H groups in total. The van der Waals surface area contributed by atoms with E-state index in [2.05, 4.69) is 16.4 Å². The summed E-state index contributed by atoms with van der Waals surface area (Å²) in [5, 5.41) is 12.5. The first kappa shape index (κ1) is 17.1. The first-order valence-electron chi connectivity index (χ1n) is 6.53. The van der Waals surface area contributed by atoms with Gasteiger partial charge in [0.1, 0.15) is 10.4 Å². The van der Waals surface area contributed by atoms with Gasteiger partial charge in [-0.3, -0.25) is 4.79 Å². The third kappa shape index (κ3) is 4.26. The zero-order valence-electron chi connectivity index (χ0n) is 12.8. The molecule has 7 heteroatoms. The topological polar surface area (TPSA) is 92.1 Å². The molecule has 1 aromatic heterocycles. The highest BCUT2D eigenvalue weighted by Gasteiger charge is 2.30. The van der Waals surface area contributed by atoms with Crippen LogP contribution in [0.5, 0.6) is 0 Å². The summed E-state index contributed by atoms with van der Waals surface area (Å²) in [5.74, 6) is -1.13. The van der Waals surface area contributed by atoms with Crippen LogP contribution >= 0.6 is 11.3 Å². The van der Waals surface area contributed by atoms with Crippen molar-refractivity contribution in [1.82, 2.24) is 10.3 Å². The van der Waals surface area contributed by atoms with E-state index in [1.54, 1.807) is 20.8 Å². The number of carbonyl (C=O) groups is 2. The average Bonchev–Trinajstić information content (AvgIpc) is 2.74. The number of nitrogens with zero attached hydrogens (tertiary/aromatic N) is 2. The Balaban J connectivity index is 2.60. The van der Waals surface area contributed by atoms with E-state index in [1.807, 2.05) is 13.8 Å². The Labute approximate surface area is 128 Å². The van der Waals surface area contributed by atoms with Gasteiger partial charge in [0, 0.05) is 0 Å². The molecule has 0 radical (unpaired) electrons. The van der Waals surface area contributed by atoms with Crippen LogP contribution in [-0.2, 0) is 9.53 Å². The lowest BCUT2D eigenvalue weighted by molar-refractivity contribution is -0.125. The molecule has 1 aromatic rings. The quantitative estimate of drug-likeness (QED) is 0.839. The fraction of sp³-hybridized carbons (Fsp3) is 0.571. The molecule has 0 spiro atoms. The minimum atomic E-state index is -0.986. The van der Waals surface area contributed by atoms with E-state index < -0.39 is 24.0 Å². The van der Waals surface area contributed by atoms with Crippen molar-refractivity contribution in [1.29, 1.82) is 5.26 Å². The number of rotatable bonds is 5. The van der Waals surface area contributed by atoms with Gasteiger partial charge in [-0.2, -0.15) is 5.26 Å². The lowest BCUT2D eigenvalue weighted by Crippen LogP contribution is -2.50. The van der Waals surface area contributed by atoms with Crippen molar-refractivity contribution in [3.8, 4) is 6.07 Å². The lowest BCUT2D eigenvalue weighted by atomic mass is 9.90. The number of nitriles is 1. The Morgan fingerprint density at radius 2 is 2.10 bits per heavy atom. The Hall–Kier alpha value is -1.94. The van der Waals surface area contributed by atoms with Crippen LogP contribution in [0, 0.1) is 31.1 Å². The van der Waals surface area contributed by atoms with Crippen molar-refractivity contribution < 1.29 is 14.3 Å². The molecule has 0 aliphatic rings. The fourth-order valence-electron chi connectivity index (χ4n) is 1.54. The summed E-state index contributed by atoms with van der Waals surface area (Å²) in [6.07, 6.45) is 0. The summed E-state index contributed by atoms with van der Waals surface area (Å²) in [5.41, 5.74) is -0.396. The Kier molecular flexibility index (Phi) is 5.44. The van der Waals surface area contributed by atoms with Gasteiger partial charge in [-0.25, -0.2) is 9.78 Å². The van der Waals surface area contributed by atoms with E-state index >= 15 is 0 Å². The SMILES string of the molecule is Cc1nc(C)c(C(=O)OCC(=O)NC(C)(C#N)C(C)C)s1. The normalized spacial score (nSPS) is 13.4. The number of aryl methyl sites for hydroxylation is 2. The van der Waals surface area contributed by atoms with Gasteiger partial charge < -0.3 is 10.1 Å². The number of ether oxygens (including phenoxy) is 1. The molecule has 0 saturated heterocycles. The summed E-state index contributed by atoms with van der Waals surface area (Å²) >= 11 is 1.23. The third-order valence-corrected chi connectivity index (χ3v) is 4.26. The summed E-state index contributed by atoms with van der Waals surface area (Å²) in [6.45, 7) is 8.39. The molecule has 0 aliphatic carbocycles. The number of hydrogen-bond acceptors (Lipinski definition) is 6. The minimum Gasteiger partial charge on any atom is -0.451 e. The molecule has 1 unspecified atom stereocenters. The second kappa shape index (κ2) is 6.68. The molecule has 0 aromatic carbocycles. The van der Waals surface area contributed by atoms with Gasteiger partial charge in [0.2, 0.25) is 0 Å². The van der Waals surface area contributed by atoms with E-state index in [0.717, 1.165) is 5.01 Å². The monoisotopic (exact) mass is 309 g/mol. The molecule has 114 valence electrons. The van der Waals surface area contributed by atoms with Crippen LogP contribution in [0.1, 0.15) is 41.1 Å². The first-order valence-corrected chi connectivity index (χ1v) is 7.34. The molecule has 1 amide bonds. The van der Waals surface area contributed by atoms with Crippen molar-refractivity contribution in [2.75, 3.05) is 6.61 Å². The smallest absolute Gasteiger partial charge is 0.350 e. The molecule has 0 saturated carbocycles. The second-order valence-corrected chi connectivity index (χ2v) is 6.44. The van der Waals surface area contributed by atoms with Gasteiger partial charge in [-0.15, -0.1) is 11.3 Å². The summed E-state index contributed by atoms with van der Waals surface area (Å²) < 4.78 is 4.96. The van der Waals surface area contributed by atoms with Gasteiger partial charge in [0.05, 0.1) is 16.8 Å². The molecule has 6 nitrogen and oxygen atoms in total. The number of aromatic nitrogens is 1. The van der Waals surface area contributed by atoms with Gasteiger partial charge in [0.15, 0.2) is 6.61 Å². The largest absolute Gasteiger partial charge is 0.451 e. The molecule has 0 aliphatic heterocycles. The maximum Gasteiger partial charge on any atom is 0.350 e. The van der Waals surface area contributed by atoms with Crippen LogP contribution in [0.3, 0.4) is 0 Å². The number of nitrogens with one attached hydrogen (secondary N) is 1. The summed E-state index contributed by atoms with van der Waals surface area (Å²) in [7, 11) is 0. The molecular formula is C14H19N3O3S.